The van der Waals surface area contributed by atoms with Crippen molar-refractivity contribution in [1.82, 2.24) is 9.97 Å². The summed E-state index contributed by atoms with van der Waals surface area (Å²) in [6.45, 7) is 2.94. The summed E-state index contributed by atoms with van der Waals surface area (Å²) in [4.78, 5) is 34.9. The molecule has 2 aromatic heterocycles. The Kier molecular flexibility index (Phi) is 6.42. The molecule has 0 radical (unpaired) electrons. The summed E-state index contributed by atoms with van der Waals surface area (Å²) in [5.74, 6) is 0.626. The maximum absolute atomic E-state index is 12.7. The minimum atomic E-state index is -0.115. The third-order valence-corrected chi connectivity index (χ3v) is 6.06. The molecule has 4 rings (SSSR count). The Morgan fingerprint density at radius 3 is 2.50 bits per heavy atom. The lowest BCUT2D eigenvalue weighted by molar-refractivity contribution is -0.120. The molecule has 1 aliphatic rings. The van der Waals surface area contributed by atoms with E-state index in [9.17, 15) is 9.59 Å². The zero-order valence-electron chi connectivity index (χ0n) is 17.5. The fourth-order valence-corrected chi connectivity index (χ4v) is 4.33. The van der Waals surface area contributed by atoms with Crippen LogP contribution in [-0.2, 0) is 9.59 Å². The molecule has 162 valence electrons. The van der Waals surface area contributed by atoms with Crippen LogP contribution < -0.4 is 15.5 Å². The molecule has 0 unspecified atom stereocenters. The molecule has 8 nitrogen and oxygen atoms in total. The van der Waals surface area contributed by atoms with Gasteiger partial charge in [0.25, 0.3) is 0 Å². The number of pyridine rings is 1. The summed E-state index contributed by atoms with van der Waals surface area (Å²) in [6.07, 6.45) is 3.04. The molecule has 2 N–H and O–H groups in total. The van der Waals surface area contributed by atoms with Crippen LogP contribution in [0.5, 0.6) is 0 Å². The van der Waals surface area contributed by atoms with Crippen LogP contribution >= 0.6 is 11.3 Å². The smallest absolute Gasteiger partial charge is 0.229 e. The highest BCUT2D eigenvalue weighted by Gasteiger charge is 2.26. The van der Waals surface area contributed by atoms with Gasteiger partial charge in [0.1, 0.15) is 11.9 Å². The van der Waals surface area contributed by atoms with E-state index in [1.165, 1.54) is 18.3 Å². The molecule has 0 aliphatic carbocycles. The number of piperidine rings is 1. The predicted molar refractivity (Wildman–Crippen MR) is 124 cm³/mol. The molecule has 1 saturated heterocycles. The van der Waals surface area contributed by atoms with Gasteiger partial charge in [0, 0.05) is 48.8 Å². The Balaban J connectivity index is 1.31. The summed E-state index contributed by atoms with van der Waals surface area (Å²) in [5, 5.41) is 17.1. The van der Waals surface area contributed by atoms with Crippen molar-refractivity contribution in [3.05, 3.63) is 53.5 Å². The van der Waals surface area contributed by atoms with Gasteiger partial charge in [0.05, 0.1) is 11.3 Å². The summed E-state index contributed by atoms with van der Waals surface area (Å²) < 4.78 is 0. The van der Waals surface area contributed by atoms with Gasteiger partial charge >= 0.3 is 0 Å². The Morgan fingerprint density at radius 1 is 1.12 bits per heavy atom. The monoisotopic (exact) mass is 446 g/mol. The first kappa shape index (κ1) is 21.5. The number of rotatable bonds is 5. The van der Waals surface area contributed by atoms with Gasteiger partial charge in [-0.1, -0.05) is 12.1 Å². The number of nitrogens with zero attached hydrogens (tertiary/aromatic N) is 4. The van der Waals surface area contributed by atoms with Gasteiger partial charge in [0.2, 0.25) is 11.8 Å². The van der Waals surface area contributed by atoms with E-state index >= 15 is 0 Å². The van der Waals surface area contributed by atoms with Crippen molar-refractivity contribution in [3.8, 4) is 17.3 Å². The fraction of sp³-hybridized carbons (Fsp3) is 0.261. The van der Waals surface area contributed by atoms with E-state index in [1.807, 2.05) is 35.7 Å². The van der Waals surface area contributed by atoms with Crippen LogP contribution in [0.1, 0.15) is 25.3 Å². The van der Waals surface area contributed by atoms with Crippen LogP contribution in [-0.4, -0.2) is 34.9 Å². The van der Waals surface area contributed by atoms with Crippen LogP contribution in [0.2, 0.25) is 0 Å². The van der Waals surface area contributed by atoms with E-state index in [0.29, 0.717) is 10.7 Å². The van der Waals surface area contributed by atoms with Crippen molar-refractivity contribution in [1.29, 1.82) is 5.26 Å². The first-order valence-electron chi connectivity index (χ1n) is 10.3. The lowest BCUT2D eigenvalue weighted by atomic mass is 9.96. The normalized spacial score (nSPS) is 13.9. The minimum absolute atomic E-state index is 0.0145. The summed E-state index contributed by atoms with van der Waals surface area (Å²) in [5.41, 5.74) is 2.96. The number of nitrogens with one attached hydrogen (secondary N) is 2. The van der Waals surface area contributed by atoms with Crippen molar-refractivity contribution in [2.45, 2.75) is 19.8 Å². The van der Waals surface area contributed by atoms with Gasteiger partial charge in [-0.25, -0.2) is 9.97 Å². The lowest BCUT2D eigenvalue weighted by Crippen LogP contribution is -2.38. The first-order valence-corrected chi connectivity index (χ1v) is 11.2. The van der Waals surface area contributed by atoms with E-state index < -0.39 is 0 Å². The van der Waals surface area contributed by atoms with Crippen LogP contribution in [0.3, 0.4) is 0 Å². The number of anilines is 3. The van der Waals surface area contributed by atoms with Gasteiger partial charge in [0.15, 0.2) is 5.13 Å². The van der Waals surface area contributed by atoms with Gasteiger partial charge in [-0.05, 0) is 37.1 Å². The molecule has 3 aromatic rings. The average molecular weight is 447 g/mol. The first-order chi connectivity index (χ1) is 15.5. The van der Waals surface area contributed by atoms with Gasteiger partial charge in [-0.15, -0.1) is 11.3 Å². The standard InChI is InChI=1S/C23H22N6O2S/c1-15(30)26-19-5-3-17(4-6-19)20-14-32-23(27-20)28-22(31)18-8-10-29(11-9-18)21-7-2-16(12-24)13-25-21/h2-7,13-14,18H,8-11H2,1H3,(H,26,30)(H,27,28,31). The number of carbonyl (C=O) groups is 2. The van der Waals surface area contributed by atoms with Gasteiger partial charge in [-0.2, -0.15) is 5.26 Å². The number of aromatic nitrogens is 2. The molecule has 3 heterocycles. The van der Waals surface area contributed by atoms with Crippen LogP contribution in [0, 0.1) is 17.2 Å². The molecule has 0 spiro atoms. The Labute approximate surface area is 189 Å². The number of hydrogen-bond donors (Lipinski definition) is 2. The number of thiazole rings is 1. The molecule has 1 aromatic carbocycles. The number of nitriles is 1. The molecular weight excluding hydrogens is 424 g/mol. The second kappa shape index (κ2) is 9.58. The number of carbonyl (C=O) groups excluding carboxylic acids is 2. The Morgan fingerprint density at radius 2 is 1.88 bits per heavy atom. The highest BCUT2D eigenvalue weighted by Crippen LogP contribution is 2.28. The van der Waals surface area contributed by atoms with Crippen molar-refractivity contribution < 1.29 is 9.59 Å². The number of amides is 2. The van der Waals surface area contributed by atoms with Crippen molar-refractivity contribution >= 4 is 39.8 Å². The van der Waals surface area contributed by atoms with E-state index in [0.717, 1.165) is 48.7 Å². The van der Waals surface area contributed by atoms with E-state index in [1.54, 1.807) is 12.3 Å². The largest absolute Gasteiger partial charge is 0.357 e. The molecule has 9 heteroatoms. The molecule has 1 fully saturated rings. The summed E-state index contributed by atoms with van der Waals surface area (Å²) >= 11 is 1.39. The zero-order valence-corrected chi connectivity index (χ0v) is 18.4. The average Bonchev–Trinajstić information content (AvgIpc) is 3.28. The van der Waals surface area contributed by atoms with E-state index in [2.05, 4.69) is 31.6 Å². The summed E-state index contributed by atoms with van der Waals surface area (Å²) in [7, 11) is 0. The molecule has 2 amide bonds. The number of hydrogen-bond acceptors (Lipinski definition) is 7. The van der Waals surface area contributed by atoms with E-state index in [-0.39, 0.29) is 17.7 Å². The number of benzene rings is 1. The molecule has 0 atom stereocenters. The predicted octanol–water partition coefficient (Wildman–Crippen LogP) is 3.89. The van der Waals surface area contributed by atoms with Crippen molar-refractivity contribution in [2.75, 3.05) is 28.6 Å². The van der Waals surface area contributed by atoms with Crippen LogP contribution in [0.4, 0.5) is 16.6 Å². The summed E-state index contributed by atoms with van der Waals surface area (Å²) in [6, 6.07) is 13.1. The van der Waals surface area contributed by atoms with Crippen molar-refractivity contribution in [2.24, 2.45) is 5.92 Å². The Hall–Kier alpha value is -3.77. The van der Waals surface area contributed by atoms with Crippen molar-refractivity contribution in [3.63, 3.8) is 0 Å². The fourth-order valence-electron chi connectivity index (χ4n) is 3.61. The third kappa shape index (κ3) is 5.10. The van der Waals surface area contributed by atoms with Crippen LogP contribution in [0.15, 0.2) is 48.0 Å². The van der Waals surface area contributed by atoms with E-state index in [4.69, 9.17) is 5.26 Å². The SMILES string of the molecule is CC(=O)Nc1ccc(-c2csc(NC(=O)C3CCN(c4ccc(C#N)cn4)CC3)n2)cc1. The Bertz CT molecular complexity index is 1140. The molecule has 0 bridgehead atoms. The molecule has 32 heavy (non-hydrogen) atoms. The minimum Gasteiger partial charge on any atom is -0.357 e. The topological polar surface area (TPSA) is 111 Å². The molecule has 1 aliphatic heterocycles. The molecule has 0 saturated carbocycles. The second-order valence-electron chi connectivity index (χ2n) is 7.56. The van der Waals surface area contributed by atoms with Gasteiger partial charge < -0.3 is 15.5 Å². The third-order valence-electron chi connectivity index (χ3n) is 5.30. The maximum atomic E-state index is 12.7. The van der Waals surface area contributed by atoms with Gasteiger partial charge in [-0.3, -0.25) is 9.59 Å². The maximum Gasteiger partial charge on any atom is 0.229 e. The van der Waals surface area contributed by atoms with Crippen LogP contribution in [0.25, 0.3) is 11.3 Å². The molecular formula is C23H22N6O2S. The highest BCUT2D eigenvalue weighted by molar-refractivity contribution is 7.14. The second-order valence-corrected chi connectivity index (χ2v) is 8.42. The zero-order chi connectivity index (χ0) is 22.5. The highest BCUT2D eigenvalue weighted by atomic mass is 32.1. The quantitative estimate of drug-likeness (QED) is 0.615. The lowest BCUT2D eigenvalue weighted by Gasteiger charge is -2.31.